The van der Waals surface area contributed by atoms with E-state index in [1.165, 1.54) is 16.8 Å². The van der Waals surface area contributed by atoms with E-state index in [1.54, 1.807) is 41.3 Å². The van der Waals surface area contributed by atoms with Crippen molar-refractivity contribution in [3.05, 3.63) is 65.7 Å². The van der Waals surface area contributed by atoms with E-state index >= 15 is 0 Å². The molecule has 0 bridgehead atoms. The van der Waals surface area contributed by atoms with Gasteiger partial charge in [-0.1, -0.05) is 6.07 Å². The van der Waals surface area contributed by atoms with Crippen LogP contribution in [0.3, 0.4) is 0 Å². The van der Waals surface area contributed by atoms with Gasteiger partial charge >= 0.3 is 12.1 Å². The van der Waals surface area contributed by atoms with Gasteiger partial charge in [0.2, 0.25) is 0 Å². The van der Waals surface area contributed by atoms with Crippen molar-refractivity contribution in [3.63, 3.8) is 0 Å². The van der Waals surface area contributed by atoms with Crippen molar-refractivity contribution in [2.45, 2.75) is 38.8 Å². The van der Waals surface area contributed by atoms with Gasteiger partial charge in [0, 0.05) is 38.8 Å². The van der Waals surface area contributed by atoms with Crippen LogP contribution in [0.25, 0.3) is 5.69 Å². The van der Waals surface area contributed by atoms with Gasteiger partial charge in [0.15, 0.2) is 5.69 Å². The van der Waals surface area contributed by atoms with Gasteiger partial charge in [0.1, 0.15) is 28.6 Å². The first-order valence-electron chi connectivity index (χ1n) is 12.9. The molecule has 1 amide bonds. The van der Waals surface area contributed by atoms with E-state index in [4.69, 9.17) is 14.6 Å². The maximum absolute atomic E-state index is 13.5. The predicted molar refractivity (Wildman–Crippen MR) is 142 cm³/mol. The van der Waals surface area contributed by atoms with E-state index < -0.39 is 17.4 Å². The minimum absolute atomic E-state index is 0.0564. The molecule has 206 valence electrons. The average Bonchev–Trinajstić information content (AvgIpc) is 3.28. The molecule has 1 saturated heterocycles. The number of halogens is 1. The highest BCUT2D eigenvalue weighted by Gasteiger charge is 2.36. The predicted octanol–water partition coefficient (Wildman–Crippen LogP) is 4.91. The molecule has 3 aromatic rings. The first-order valence-corrected chi connectivity index (χ1v) is 12.9. The molecule has 39 heavy (non-hydrogen) atoms. The van der Waals surface area contributed by atoms with Crippen LogP contribution in [0.2, 0.25) is 0 Å². The first kappa shape index (κ1) is 26.5. The fraction of sp³-hybridized carbons (Fsp3) is 0.393. The van der Waals surface area contributed by atoms with Crippen molar-refractivity contribution in [2.75, 3.05) is 38.0 Å². The number of ether oxygens (including phenoxy) is 2. The number of benzene rings is 2. The van der Waals surface area contributed by atoms with Gasteiger partial charge in [-0.05, 0) is 63.6 Å². The number of nitrogens with zero attached hydrogens (tertiary/aromatic N) is 4. The molecule has 2 aliphatic rings. The second kappa shape index (κ2) is 10.6. The third kappa shape index (κ3) is 5.83. The Morgan fingerprint density at radius 1 is 1.05 bits per heavy atom. The number of rotatable bonds is 5. The number of nitrogens with one attached hydrogen (secondary N) is 1. The number of aromatic nitrogens is 2. The number of carbonyl (C=O) groups is 2. The molecule has 2 aromatic carbocycles. The number of aromatic carboxylic acids is 1. The first-order chi connectivity index (χ1) is 18.6. The quantitative estimate of drug-likeness (QED) is 0.473. The lowest BCUT2D eigenvalue weighted by Crippen LogP contribution is -2.51. The highest BCUT2D eigenvalue weighted by atomic mass is 19.1. The van der Waals surface area contributed by atoms with Crippen LogP contribution in [-0.4, -0.2) is 75.1 Å². The molecule has 1 fully saturated rings. The lowest BCUT2D eigenvalue weighted by molar-refractivity contribution is 0.00951. The van der Waals surface area contributed by atoms with Crippen LogP contribution in [-0.2, 0) is 4.74 Å². The molecule has 10 nitrogen and oxygen atoms in total. The number of piperazine rings is 1. The Morgan fingerprint density at radius 2 is 1.77 bits per heavy atom. The summed E-state index contributed by atoms with van der Waals surface area (Å²) in [5.41, 5.74) is 1.24. The van der Waals surface area contributed by atoms with Crippen LogP contribution in [0.15, 0.2) is 48.5 Å². The Bertz CT molecular complexity index is 1360. The summed E-state index contributed by atoms with van der Waals surface area (Å²) in [6, 6.07) is 12.6. The molecule has 1 unspecified atom stereocenters. The molecule has 11 heteroatoms. The number of amides is 1. The summed E-state index contributed by atoms with van der Waals surface area (Å²) >= 11 is 0. The zero-order chi connectivity index (χ0) is 27.7. The molecule has 0 aliphatic carbocycles. The summed E-state index contributed by atoms with van der Waals surface area (Å²) in [5.74, 6) is -0.642. The SMILES string of the molecule is CC(C)(C)OC(=O)N1CCN(C2CCNc3c2nn(-c2ccc(Oc4cccc(F)c4)cc2)c3C(=O)O)CC1. The maximum atomic E-state index is 13.5. The molecule has 5 rings (SSSR count). The standard InChI is InChI=1S/C28H32FN5O5/c1-28(2,3)39-27(37)33-15-13-32(14-16-33)22-11-12-30-24-23(22)31-34(25(24)26(35)36)19-7-9-20(10-8-19)38-21-6-4-5-18(29)17-21/h4-10,17,22,30H,11-16H2,1-3H3,(H,35,36). The number of hydrogen-bond acceptors (Lipinski definition) is 7. The van der Waals surface area contributed by atoms with Gasteiger partial charge in [0.05, 0.1) is 17.4 Å². The Kier molecular flexibility index (Phi) is 7.17. The van der Waals surface area contributed by atoms with E-state index in [1.807, 2.05) is 20.8 Å². The largest absolute Gasteiger partial charge is 0.476 e. The molecule has 0 saturated carbocycles. The second-order valence-corrected chi connectivity index (χ2v) is 10.6. The third-order valence-corrected chi connectivity index (χ3v) is 6.67. The molecule has 2 aliphatic heterocycles. The maximum Gasteiger partial charge on any atom is 0.410 e. The zero-order valence-corrected chi connectivity index (χ0v) is 22.2. The van der Waals surface area contributed by atoms with Crippen molar-refractivity contribution in [3.8, 4) is 17.2 Å². The number of hydrogen-bond donors (Lipinski definition) is 2. The summed E-state index contributed by atoms with van der Waals surface area (Å²) in [7, 11) is 0. The number of carboxylic acids is 1. The van der Waals surface area contributed by atoms with Crippen LogP contribution in [0, 0.1) is 5.82 Å². The Hall–Kier alpha value is -4.12. The lowest BCUT2D eigenvalue weighted by atomic mass is 10.0. The van der Waals surface area contributed by atoms with Crippen molar-refractivity contribution in [1.29, 1.82) is 0 Å². The summed E-state index contributed by atoms with van der Waals surface area (Å²) in [6.07, 6.45) is 0.436. The zero-order valence-electron chi connectivity index (χ0n) is 22.2. The van der Waals surface area contributed by atoms with Gasteiger partial charge in [-0.15, -0.1) is 0 Å². The number of anilines is 1. The van der Waals surface area contributed by atoms with Gasteiger partial charge in [-0.3, -0.25) is 4.90 Å². The summed E-state index contributed by atoms with van der Waals surface area (Å²) in [5, 5.41) is 18.1. The van der Waals surface area contributed by atoms with E-state index in [0.717, 1.165) is 6.42 Å². The monoisotopic (exact) mass is 537 g/mol. The van der Waals surface area contributed by atoms with Crippen molar-refractivity contribution in [2.24, 2.45) is 0 Å². The van der Waals surface area contributed by atoms with Crippen LogP contribution < -0.4 is 10.1 Å². The van der Waals surface area contributed by atoms with Gasteiger partial charge < -0.3 is 24.8 Å². The van der Waals surface area contributed by atoms with Gasteiger partial charge in [-0.2, -0.15) is 5.10 Å². The summed E-state index contributed by atoms with van der Waals surface area (Å²) < 4.78 is 26.1. The molecular formula is C28H32FN5O5. The van der Waals surface area contributed by atoms with Crippen molar-refractivity contribution >= 4 is 17.7 Å². The Morgan fingerprint density at radius 3 is 2.41 bits per heavy atom. The molecule has 2 N–H and O–H groups in total. The van der Waals surface area contributed by atoms with E-state index in [9.17, 15) is 19.1 Å². The van der Waals surface area contributed by atoms with E-state index in [2.05, 4.69) is 10.2 Å². The van der Waals surface area contributed by atoms with Gasteiger partial charge in [0.25, 0.3) is 0 Å². The summed E-state index contributed by atoms with van der Waals surface area (Å²) in [4.78, 5) is 28.8. The molecule has 1 atom stereocenters. The Labute approximate surface area is 225 Å². The normalized spacial score (nSPS) is 17.7. The highest BCUT2D eigenvalue weighted by Crippen LogP contribution is 2.37. The summed E-state index contributed by atoms with van der Waals surface area (Å²) in [6.45, 7) is 8.45. The van der Waals surface area contributed by atoms with E-state index in [-0.39, 0.29) is 17.8 Å². The fourth-order valence-corrected chi connectivity index (χ4v) is 4.92. The molecule has 3 heterocycles. The van der Waals surface area contributed by atoms with E-state index in [0.29, 0.717) is 61.3 Å². The van der Waals surface area contributed by atoms with Gasteiger partial charge in [-0.25, -0.2) is 18.7 Å². The van der Waals surface area contributed by atoms with Crippen LogP contribution in [0.4, 0.5) is 14.9 Å². The van der Waals surface area contributed by atoms with Crippen LogP contribution >= 0.6 is 0 Å². The fourth-order valence-electron chi connectivity index (χ4n) is 4.92. The second-order valence-electron chi connectivity index (χ2n) is 10.6. The van der Waals surface area contributed by atoms with Crippen molar-refractivity contribution in [1.82, 2.24) is 19.6 Å². The number of carboxylic acid groups (broad SMARTS) is 1. The number of carbonyl (C=O) groups excluding carboxylic acids is 1. The van der Waals surface area contributed by atoms with Crippen LogP contribution in [0.5, 0.6) is 11.5 Å². The molecule has 0 spiro atoms. The topological polar surface area (TPSA) is 109 Å². The minimum atomic E-state index is -1.09. The smallest absolute Gasteiger partial charge is 0.410 e. The average molecular weight is 538 g/mol. The minimum Gasteiger partial charge on any atom is -0.476 e. The lowest BCUT2D eigenvalue weighted by Gasteiger charge is -2.40. The molecular weight excluding hydrogens is 505 g/mol. The molecule has 0 radical (unpaired) electrons. The number of fused-ring (bicyclic) bond motifs is 1. The highest BCUT2D eigenvalue weighted by molar-refractivity contribution is 5.94. The molecule has 1 aromatic heterocycles. The van der Waals surface area contributed by atoms with Crippen LogP contribution in [0.1, 0.15) is 49.4 Å². The van der Waals surface area contributed by atoms with Crippen molar-refractivity contribution < 1.29 is 28.6 Å². The third-order valence-electron chi connectivity index (χ3n) is 6.67. The Balaban J connectivity index is 1.35.